The number of nitrogens with two attached hydrogens (primary N) is 1. The number of aromatic nitrogens is 1. The number of rotatable bonds is 3. The molecule has 1 aliphatic rings. The number of carboxylic acids is 1. The SMILES string of the molecule is Cc1nc2cccc(OC3CCCN(C(=O)C(C)(C)C)C3)c2c(N)c1C(=O)O. The fraction of sp³-hybridized carbons (Fsp3) is 0.476. The minimum atomic E-state index is -1.11. The number of hydrogen-bond donors (Lipinski definition) is 2. The molecule has 150 valence electrons. The van der Waals surface area contributed by atoms with E-state index in [2.05, 4.69) is 4.98 Å². The number of likely N-dealkylation sites (tertiary alicyclic amines) is 1. The predicted molar refractivity (Wildman–Crippen MR) is 108 cm³/mol. The molecule has 1 unspecified atom stereocenters. The van der Waals surface area contributed by atoms with Crippen molar-refractivity contribution in [3.63, 3.8) is 0 Å². The lowest BCUT2D eigenvalue weighted by molar-refractivity contribution is -0.142. The molecule has 2 aromatic rings. The first-order valence-corrected chi connectivity index (χ1v) is 9.47. The van der Waals surface area contributed by atoms with E-state index in [9.17, 15) is 14.7 Å². The van der Waals surface area contributed by atoms with Crippen LogP contribution in [0.2, 0.25) is 0 Å². The first-order chi connectivity index (χ1) is 13.1. The molecule has 0 aliphatic carbocycles. The lowest BCUT2D eigenvalue weighted by Crippen LogP contribution is -2.48. The van der Waals surface area contributed by atoms with Gasteiger partial charge in [0.15, 0.2) is 0 Å². The zero-order chi connectivity index (χ0) is 20.6. The number of aromatic carboxylic acids is 1. The molecule has 1 aliphatic heterocycles. The predicted octanol–water partition coefficient (Wildman–Crippen LogP) is 3.24. The van der Waals surface area contributed by atoms with E-state index < -0.39 is 11.4 Å². The summed E-state index contributed by atoms with van der Waals surface area (Å²) < 4.78 is 6.21. The summed E-state index contributed by atoms with van der Waals surface area (Å²) >= 11 is 0. The number of hydrogen-bond acceptors (Lipinski definition) is 5. The van der Waals surface area contributed by atoms with Gasteiger partial charge in [0.05, 0.1) is 28.8 Å². The van der Waals surface area contributed by atoms with Crippen LogP contribution in [0.4, 0.5) is 5.69 Å². The molecule has 7 nitrogen and oxygen atoms in total. The molecule has 3 rings (SSSR count). The highest BCUT2D eigenvalue weighted by atomic mass is 16.5. The average Bonchev–Trinajstić information content (AvgIpc) is 2.60. The summed E-state index contributed by atoms with van der Waals surface area (Å²) in [6.07, 6.45) is 1.49. The molecule has 28 heavy (non-hydrogen) atoms. The van der Waals surface area contributed by atoms with E-state index in [1.165, 1.54) is 0 Å². The van der Waals surface area contributed by atoms with Gasteiger partial charge in [0.25, 0.3) is 0 Å². The van der Waals surface area contributed by atoms with Gasteiger partial charge in [-0.05, 0) is 31.9 Å². The monoisotopic (exact) mass is 385 g/mol. The number of carboxylic acid groups (broad SMARTS) is 1. The van der Waals surface area contributed by atoms with Crippen molar-refractivity contribution in [3.05, 3.63) is 29.5 Å². The van der Waals surface area contributed by atoms with E-state index in [0.29, 0.717) is 28.9 Å². The molecule has 1 aromatic heterocycles. The van der Waals surface area contributed by atoms with Crippen LogP contribution < -0.4 is 10.5 Å². The van der Waals surface area contributed by atoms with Crippen molar-refractivity contribution >= 4 is 28.5 Å². The van der Waals surface area contributed by atoms with Gasteiger partial charge in [0.2, 0.25) is 5.91 Å². The van der Waals surface area contributed by atoms with E-state index in [-0.39, 0.29) is 23.3 Å². The first-order valence-electron chi connectivity index (χ1n) is 9.47. The number of amides is 1. The number of anilines is 1. The maximum absolute atomic E-state index is 12.6. The number of carbonyl (C=O) groups excluding carboxylic acids is 1. The van der Waals surface area contributed by atoms with Crippen LogP contribution >= 0.6 is 0 Å². The lowest BCUT2D eigenvalue weighted by atomic mass is 9.93. The molecule has 0 bridgehead atoms. The molecule has 1 aromatic carbocycles. The summed E-state index contributed by atoms with van der Waals surface area (Å²) in [5.74, 6) is -0.512. The zero-order valence-electron chi connectivity index (χ0n) is 16.8. The number of piperidine rings is 1. The Balaban J connectivity index is 1.93. The number of ether oxygens (including phenoxy) is 1. The number of fused-ring (bicyclic) bond motifs is 1. The number of aryl methyl sites for hydroxylation is 1. The standard InChI is InChI=1S/C21H27N3O4/c1-12-16(19(25)26)18(22)17-14(23-12)8-5-9-15(17)28-13-7-6-10-24(11-13)20(27)21(2,3)4/h5,8-9,13H,6-7,10-11H2,1-4H3,(H2,22,23)(H,25,26). The van der Waals surface area contributed by atoms with Crippen molar-refractivity contribution in [3.8, 4) is 5.75 Å². The van der Waals surface area contributed by atoms with Gasteiger partial charge < -0.3 is 20.5 Å². The molecule has 1 saturated heterocycles. The Morgan fingerprint density at radius 2 is 2.04 bits per heavy atom. The Hall–Kier alpha value is -2.83. The van der Waals surface area contributed by atoms with Gasteiger partial charge in [-0.25, -0.2) is 4.79 Å². The summed E-state index contributed by atoms with van der Waals surface area (Å²) in [6, 6.07) is 5.37. The van der Waals surface area contributed by atoms with Crippen LogP contribution in [0.1, 0.15) is 49.7 Å². The molecule has 7 heteroatoms. The van der Waals surface area contributed by atoms with E-state index in [1.807, 2.05) is 31.7 Å². The van der Waals surface area contributed by atoms with Crippen LogP contribution in [0.15, 0.2) is 18.2 Å². The molecule has 1 amide bonds. The molecule has 0 saturated carbocycles. The van der Waals surface area contributed by atoms with Gasteiger partial charge in [0.1, 0.15) is 17.4 Å². The number of carbonyl (C=O) groups is 2. The Kier molecular flexibility index (Phi) is 5.19. The van der Waals surface area contributed by atoms with Crippen LogP contribution in [0.3, 0.4) is 0 Å². The second-order valence-corrected chi connectivity index (χ2v) is 8.32. The van der Waals surface area contributed by atoms with Crippen molar-refractivity contribution in [1.82, 2.24) is 9.88 Å². The summed E-state index contributed by atoms with van der Waals surface area (Å²) in [5, 5.41) is 9.99. The minimum Gasteiger partial charge on any atom is -0.488 e. The third kappa shape index (κ3) is 3.74. The quantitative estimate of drug-likeness (QED) is 0.840. The number of nitrogen functional groups attached to an aromatic ring is 1. The summed E-state index contributed by atoms with van der Waals surface area (Å²) in [7, 11) is 0. The van der Waals surface area contributed by atoms with Gasteiger partial charge in [-0.2, -0.15) is 0 Å². The van der Waals surface area contributed by atoms with Crippen molar-refractivity contribution in [2.24, 2.45) is 5.41 Å². The molecule has 1 atom stereocenters. The van der Waals surface area contributed by atoms with Gasteiger partial charge in [-0.1, -0.05) is 26.8 Å². The average molecular weight is 385 g/mol. The van der Waals surface area contributed by atoms with Crippen LogP contribution in [-0.4, -0.2) is 46.1 Å². The summed E-state index contributed by atoms with van der Waals surface area (Å²) in [4.78, 5) is 30.4. The van der Waals surface area contributed by atoms with Gasteiger partial charge in [0, 0.05) is 12.0 Å². The van der Waals surface area contributed by atoms with Gasteiger partial charge >= 0.3 is 5.97 Å². The fourth-order valence-corrected chi connectivity index (χ4v) is 3.68. The maximum Gasteiger partial charge on any atom is 0.339 e. The molecule has 2 heterocycles. The molecule has 0 radical (unpaired) electrons. The van der Waals surface area contributed by atoms with E-state index in [4.69, 9.17) is 10.5 Å². The smallest absolute Gasteiger partial charge is 0.339 e. The summed E-state index contributed by atoms with van der Waals surface area (Å²) in [5.41, 5.74) is 6.87. The Bertz CT molecular complexity index is 933. The lowest BCUT2D eigenvalue weighted by Gasteiger charge is -2.36. The number of nitrogens with zero attached hydrogens (tertiary/aromatic N) is 2. The van der Waals surface area contributed by atoms with Crippen LogP contribution in [0.5, 0.6) is 5.75 Å². The van der Waals surface area contributed by atoms with E-state index in [0.717, 1.165) is 19.4 Å². The Morgan fingerprint density at radius 1 is 1.32 bits per heavy atom. The second-order valence-electron chi connectivity index (χ2n) is 8.32. The third-order valence-corrected chi connectivity index (χ3v) is 5.01. The second kappa shape index (κ2) is 7.30. The maximum atomic E-state index is 12.6. The van der Waals surface area contributed by atoms with Crippen molar-refractivity contribution in [2.75, 3.05) is 18.8 Å². The highest BCUT2D eigenvalue weighted by Gasteiger charge is 2.32. The molecule has 1 fully saturated rings. The normalized spacial score (nSPS) is 17.6. The molecular formula is C21H27N3O4. The number of pyridine rings is 1. The van der Waals surface area contributed by atoms with Gasteiger partial charge in [-0.3, -0.25) is 9.78 Å². The van der Waals surface area contributed by atoms with E-state index >= 15 is 0 Å². The Morgan fingerprint density at radius 3 is 2.68 bits per heavy atom. The fourth-order valence-electron chi connectivity index (χ4n) is 3.68. The van der Waals surface area contributed by atoms with Crippen LogP contribution in [0, 0.1) is 12.3 Å². The van der Waals surface area contributed by atoms with Crippen LogP contribution in [0.25, 0.3) is 10.9 Å². The van der Waals surface area contributed by atoms with Gasteiger partial charge in [-0.15, -0.1) is 0 Å². The van der Waals surface area contributed by atoms with E-state index in [1.54, 1.807) is 19.1 Å². The molecule has 0 spiro atoms. The van der Waals surface area contributed by atoms with Crippen LogP contribution in [-0.2, 0) is 4.79 Å². The first kappa shape index (κ1) is 19.9. The van der Waals surface area contributed by atoms with Crippen molar-refractivity contribution in [1.29, 1.82) is 0 Å². The molecular weight excluding hydrogens is 358 g/mol. The van der Waals surface area contributed by atoms with Crippen molar-refractivity contribution < 1.29 is 19.4 Å². The Labute approximate surface area is 164 Å². The molecule has 3 N–H and O–H groups in total. The van der Waals surface area contributed by atoms with Crippen molar-refractivity contribution in [2.45, 2.75) is 46.6 Å². The summed E-state index contributed by atoms with van der Waals surface area (Å²) in [6.45, 7) is 8.57. The topological polar surface area (TPSA) is 106 Å². The highest BCUT2D eigenvalue weighted by Crippen LogP contribution is 2.35. The highest BCUT2D eigenvalue weighted by molar-refractivity contribution is 6.06. The number of benzene rings is 1. The third-order valence-electron chi connectivity index (χ3n) is 5.01. The largest absolute Gasteiger partial charge is 0.488 e. The zero-order valence-corrected chi connectivity index (χ0v) is 16.8. The minimum absolute atomic E-state index is 0.00303.